The molecule has 3 heteroatoms. The first-order valence-electron chi connectivity index (χ1n) is 11.8. The van der Waals surface area contributed by atoms with Gasteiger partial charge in [-0.25, -0.2) is 0 Å². The van der Waals surface area contributed by atoms with Crippen LogP contribution in [-0.2, 0) is 32.1 Å². The van der Waals surface area contributed by atoms with Crippen molar-refractivity contribution in [3.05, 3.63) is 102 Å². The molecule has 4 rings (SSSR count). The molecular weight excluding hydrogens is 445 g/mol. The van der Waals surface area contributed by atoms with E-state index in [9.17, 15) is 0 Å². The molecule has 0 bridgehead atoms. The van der Waals surface area contributed by atoms with E-state index < -0.39 is 0 Å². The molecule has 172 valence electrons. The Morgan fingerprint density at radius 1 is 0.594 bits per heavy atom. The van der Waals surface area contributed by atoms with E-state index in [1.54, 1.807) is 0 Å². The van der Waals surface area contributed by atoms with Gasteiger partial charge in [0.2, 0.25) is 0 Å². The second-order valence-corrected chi connectivity index (χ2v) is 11.0. The molecule has 3 heterocycles. The van der Waals surface area contributed by atoms with Gasteiger partial charge in [-0.2, -0.15) is 0 Å². The van der Waals surface area contributed by atoms with Crippen molar-refractivity contribution < 1.29 is 0 Å². The van der Waals surface area contributed by atoms with Crippen LogP contribution in [0.25, 0.3) is 0 Å². The predicted molar refractivity (Wildman–Crippen MR) is 149 cm³/mol. The van der Waals surface area contributed by atoms with Crippen LogP contribution in [0.2, 0.25) is 0 Å². The smallest absolute Gasteiger partial charge is 0.00453 e. The fourth-order valence-corrected chi connectivity index (χ4v) is 5.65. The molecule has 0 aliphatic heterocycles. The van der Waals surface area contributed by atoms with Crippen LogP contribution in [0.3, 0.4) is 0 Å². The topological polar surface area (TPSA) is 0 Å². The van der Waals surface area contributed by atoms with Crippen molar-refractivity contribution in [2.75, 3.05) is 0 Å². The molecule has 0 aliphatic rings. The van der Waals surface area contributed by atoms with E-state index in [-0.39, 0.29) is 0 Å². The molecule has 32 heavy (non-hydrogen) atoms. The number of hydrogen-bond donors (Lipinski definition) is 0. The highest BCUT2D eigenvalue weighted by Gasteiger charge is 1.99. The lowest BCUT2D eigenvalue weighted by molar-refractivity contribution is 0.828. The minimum atomic E-state index is 1.14. The summed E-state index contributed by atoms with van der Waals surface area (Å²) in [5, 5.41) is 6.40. The first kappa shape index (κ1) is 26.6. The lowest BCUT2D eigenvalue weighted by atomic mass is 10.0. The molecule has 3 aromatic heterocycles. The lowest BCUT2D eigenvalue weighted by Gasteiger charge is -2.06. The summed E-state index contributed by atoms with van der Waals surface area (Å²) >= 11 is 5.54. The Balaban J connectivity index is 0.000000199. The molecule has 0 N–H and O–H groups in total. The van der Waals surface area contributed by atoms with E-state index in [1.165, 1.54) is 69.8 Å². The van der Waals surface area contributed by atoms with Crippen molar-refractivity contribution in [1.29, 1.82) is 0 Å². The molecule has 0 unspecified atom stereocenters. The molecule has 0 nitrogen and oxygen atoms in total. The van der Waals surface area contributed by atoms with Crippen LogP contribution in [0.5, 0.6) is 0 Å². The lowest BCUT2D eigenvalue weighted by Crippen LogP contribution is -1.92. The molecule has 0 fully saturated rings. The van der Waals surface area contributed by atoms with Gasteiger partial charge in [-0.3, -0.25) is 0 Å². The molecular formula is C29H38S3. The summed E-state index contributed by atoms with van der Waals surface area (Å²) in [5.74, 6) is 0. The van der Waals surface area contributed by atoms with E-state index in [0.29, 0.717) is 0 Å². The van der Waals surface area contributed by atoms with Gasteiger partial charge in [0.25, 0.3) is 0 Å². The third-order valence-corrected chi connectivity index (χ3v) is 7.97. The van der Waals surface area contributed by atoms with Gasteiger partial charge in [0, 0.05) is 14.6 Å². The summed E-state index contributed by atoms with van der Waals surface area (Å²) < 4.78 is 0. The van der Waals surface area contributed by atoms with Gasteiger partial charge >= 0.3 is 0 Å². The molecule has 0 radical (unpaired) electrons. The average Bonchev–Trinajstić information content (AvgIpc) is 3.58. The van der Waals surface area contributed by atoms with Gasteiger partial charge in [-0.1, -0.05) is 69.2 Å². The largest absolute Gasteiger partial charge is 0.149 e. The van der Waals surface area contributed by atoms with Gasteiger partial charge in [0.15, 0.2) is 0 Å². The number of hydrogen-bond acceptors (Lipinski definition) is 3. The highest BCUT2D eigenvalue weighted by molar-refractivity contribution is 7.10. The minimum Gasteiger partial charge on any atom is -0.149 e. The number of rotatable bonds is 8. The average molecular weight is 483 g/mol. The summed E-state index contributed by atoms with van der Waals surface area (Å²) in [7, 11) is 0. The van der Waals surface area contributed by atoms with Gasteiger partial charge in [-0.15, -0.1) is 34.0 Å². The van der Waals surface area contributed by atoms with Crippen molar-refractivity contribution in [3.63, 3.8) is 0 Å². The maximum Gasteiger partial charge on any atom is 0.00453 e. The SMILES string of the molecule is CCCc1cccs1.CCc1cc(C)cc(CCCc2cccs2)c1.CCc1cccs1. The Bertz CT molecular complexity index is 933. The first-order valence-corrected chi connectivity index (χ1v) is 14.4. The molecule has 0 saturated carbocycles. The summed E-state index contributed by atoms with van der Waals surface area (Å²) in [6.45, 7) is 8.80. The Morgan fingerprint density at radius 3 is 1.62 bits per heavy atom. The van der Waals surface area contributed by atoms with Crippen LogP contribution in [0, 0.1) is 6.92 Å². The van der Waals surface area contributed by atoms with Gasteiger partial charge < -0.3 is 0 Å². The Hall–Kier alpha value is -1.68. The zero-order chi connectivity index (χ0) is 23.0. The van der Waals surface area contributed by atoms with E-state index in [2.05, 4.69) is 98.4 Å². The molecule has 0 amide bonds. The molecule has 4 aromatic rings. The van der Waals surface area contributed by atoms with Gasteiger partial charge in [0.05, 0.1) is 0 Å². The summed E-state index contributed by atoms with van der Waals surface area (Å²) in [5.41, 5.74) is 4.37. The van der Waals surface area contributed by atoms with Crippen molar-refractivity contribution in [2.45, 2.75) is 72.6 Å². The fraction of sp³-hybridized carbons (Fsp3) is 0.379. The summed E-state index contributed by atoms with van der Waals surface area (Å²) in [6.07, 6.45) is 8.50. The van der Waals surface area contributed by atoms with Crippen molar-refractivity contribution in [1.82, 2.24) is 0 Å². The summed E-state index contributed by atoms with van der Waals surface area (Å²) in [4.78, 5) is 4.49. The minimum absolute atomic E-state index is 1.14. The maximum atomic E-state index is 2.36. The van der Waals surface area contributed by atoms with E-state index in [4.69, 9.17) is 0 Å². The zero-order valence-electron chi connectivity index (χ0n) is 20.1. The molecule has 0 spiro atoms. The van der Waals surface area contributed by atoms with Crippen LogP contribution in [0.4, 0.5) is 0 Å². The third kappa shape index (κ3) is 10.8. The Kier molecular flexibility index (Phi) is 13.3. The van der Waals surface area contributed by atoms with Crippen molar-refractivity contribution in [3.8, 4) is 0 Å². The Morgan fingerprint density at radius 2 is 1.16 bits per heavy atom. The summed E-state index contributed by atoms with van der Waals surface area (Å²) in [6, 6.07) is 19.9. The van der Waals surface area contributed by atoms with Crippen LogP contribution in [0.1, 0.15) is 64.9 Å². The standard InChI is InChI=1S/C16H20S.C7H10S.C6H8S/c1-3-14-10-13(2)11-15(12-14)6-4-7-16-8-5-9-17-16;1-2-4-7-5-3-6-8-7;1-2-6-4-3-5-7-6/h5,8-12H,3-4,6-7H2,1-2H3;3,5-6H,2,4H2,1H3;3-5H,2H2,1H3. The molecule has 0 aliphatic carbocycles. The number of thiophene rings is 3. The van der Waals surface area contributed by atoms with Crippen LogP contribution >= 0.6 is 34.0 Å². The molecule has 0 saturated heterocycles. The maximum absolute atomic E-state index is 2.36. The Labute approximate surface area is 208 Å². The van der Waals surface area contributed by atoms with E-state index in [1.807, 2.05) is 34.0 Å². The van der Waals surface area contributed by atoms with Gasteiger partial charge in [-0.05, 0) is 90.9 Å². The fourth-order valence-electron chi connectivity index (χ4n) is 3.43. The first-order chi connectivity index (χ1) is 15.6. The highest BCUT2D eigenvalue weighted by atomic mass is 32.1. The van der Waals surface area contributed by atoms with Crippen molar-refractivity contribution >= 4 is 34.0 Å². The van der Waals surface area contributed by atoms with Crippen LogP contribution in [-0.4, -0.2) is 0 Å². The normalized spacial score (nSPS) is 10.1. The predicted octanol–water partition coefficient (Wildman–Crippen LogP) is 9.81. The highest BCUT2D eigenvalue weighted by Crippen LogP contribution is 2.16. The zero-order valence-corrected chi connectivity index (χ0v) is 22.6. The quantitative estimate of drug-likeness (QED) is 0.234. The van der Waals surface area contributed by atoms with Crippen LogP contribution in [0.15, 0.2) is 70.7 Å². The molecule has 1 aromatic carbocycles. The third-order valence-electron chi connectivity index (χ3n) is 5.08. The molecule has 0 atom stereocenters. The van der Waals surface area contributed by atoms with Crippen molar-refractivity contribution in [2.24, 2.45) is 0 Å². The van der Waals surface area contributed by atoms with E-state index in [0.717, 1.165) is 6.42 Å². The second kappa shape index (κ2) is 16.0. The monoisotopic (exact) mass is 482 g/mol. The number of benzene rings is 1. The van der Waals surface area contributed by atoms with Crippen LogP contribution < -0.4 is 0 Å². The number of aryl methyl sites for hydroxylation is 6. The second-order valence-electron chi connectivity index (χ2n) is 7.88. The van der Waals surface area contributed by atoms with E-state index >= 15 is 0 Å². The van der Waals surface area contributed by atoms with Gasteiger partial charge in [0.1, 0.15) is 0 Å².